The molecular weight excluding hydrogens is 332 g/mol. The molecule has 2 N–H and O–H groups in total. The number of hydrogen-bond acceptors (Lipinski definition) is 5. The minimum atomic E-state index is -0.471. The van der Waals surface area contributed by atoms with Crippen LogP contribution in [0.25, 0.3) is 11.0 Å². The van der Waals surface area contributed by atoms with E-state index >= 15 is 0 Å². The maximum atomic E-state index is 12.8. The van der Waals surface area contributed by atoms with Gasteiger partial charge in [0.25, 0.3) is 5.91 Å². The Bertz CT molecular complexity index is 769. The van der Waals surface area contributed by atoms with Gasteiger partial charge in [-0.25, -0.2) is 9.67 Å². The lowest BCUT2D eigenvalue weighted by Crippen LogP contribution is -2.45. The highest BCUT2D eigenvalue weighted by Gasteiger charge is 2.27. The number of nitrogens with zero attached hydrogens (tertiary/aromatic N) is 3. The second-order valence-electron chi connectivity index (χ2n) is 7.39. The molecule has 2 atom stereocenters. The van der Waals surface area contributed by atoms with Gasteiger partial charge >= 0.3 is 0 Å². The topological polar surface area (TPSA) is 89.3 Å². The number of amides is 1. The van der Waals surface area contributed by atoms with E-state index in [2.05, 4.69) is 15.4 Å². The van der Waals surface area contributed by atoms with Crippen molar-refractivity contribution in [3.63, 3.8) is 0 Å². The first kappa shape index (κ1) is 17.4. The van der Waals surface area contributed by atoms with E-state index in [-0.39, 0.29) is 11.9 Å². The Kier molecular flexibility index (Phi) is 5.17. The van der Waals surface area contributed by atoms with Crippen molar-refractivity contribution in [1.82, 2.24) is 20.1 Å². The molecule has 2 fully saturated rings. The van der Waals surface area contributed by atoms with Crippen LogP contribution in [0.4, 0.5) is 0 Å². The summed E-state index contributed by atoms with van der Waals surface area (Å²) in [5.41, 5.74) is 1.14. The quantitative estimate of drug-likeness (QED) is 0.871. The molecule has 1 aliphatic carbocycles. The molecule has 0 bridgehead atoms. The summed E-state index contributed by atoms with van der Waals surface area (Å²) in [4.78, 5) is 17.3. The molecule has 2 aliphatic rings. The van der Waals surface area contributed by atoms with E-state index in [0.29, 0.717) is 11.6 Å². The second kappa shape index (κ2) is 7.72. The number of carbonyl (C=O) groups is 1. The number of aromatic nitrogens is 3. The molecule has 1 saturated heterocycles. The zero-order chi connectivity index (χ0) is 17.9. The summed E-state index contributed by atoms with van der Waals surface area (Å²) in [6.45, 7) is 2.31. The average Bonchev–Trinajstić information content (AvgIpc) is 3.03. The Morgan fingerprint density at radius 2 is 2.08 bits per heavy atom. The van der Waals surface area contributed by atoms with Crippen LogP contribution in [-0.2, 0) is 11.3 Å². The molecule has 1 aliphatic heterocycles. The van der Waals surface area contributed by atoms with Crippen LogP contribution in [0.5, 0.6) is 0 Å². The van der Waals surface area contributed by atoms with Gasteiger partial charge in [-0.05, 0) is 43.7 Å². The summed E-state index contributed by atoms with van der Waals surface area (Å²) >= 11 is 0. The van der Waals surface area contributed by atoms with E-state index in [4.69, 9.17) is 4.74 Å². The number of rotatable bonds is 4. The molecule has 26 heavy (non-hydrogen) atoms. The molecule has 2 aromatic rings. The van der Waals surface area contributed by atoms with E-state index in [0.717, 1.165) is 69.3 Å². The molecular formula is C19H26N4O3. The molecule has 0 radical (unpaired) electrons. The van der Waals surface area contributed by atoms with Gasteiger partial charge in [-0.15, -0.1) is 0 Å². The third-order valence-corrected chi connectivity index (χ3v) is 5.54. The molecule has 3 heterocycles. The minimum Gasteiger partial charge on any atom is -0.391 e. The summed E-state index contributed by atoms with van der Waals surface area (Å²) in [7, 11) is 0. The number of aliphatic hydroxyl groups excluding tert-OH is 1. The number of fused-ring (bicyclic) bond motifs is 1. The highest BCUT2D eigenvalue weighted by Crippen LogP contribution is 2.23. The van der Waals surface area contributed by atoms with Crippen molar-refractivity contribution in [3.05, 3.63) is 24.0 Å². The Labute approximate surface area is 152 Å². The maximum absolute atomic E-state index is 12.8. The SMILES string of the molecule is O=C(NC1CCCC[C@@H]1O)c1nn(CC2CCOCC2)c2ncccc12. The van der Waals surface area contributed by atoms with Gasteiger partial charge in [-0.2, -0.15) is 5.10 Å². The molecule has 0 aromatic carbocycles. The molecule has 140 valence electrons. The highest BCUT2D eigenvalue weighted by molar-refractivity contribution is 6.04. The van der Waals surface area contributed by atoms with E-state index < -0.39 is 6.10 Å². The fourth-order valence-corrected chi connectivity index (χ4v) is 3.99. The predicted octanol–water partition coefficient (Wildman–Crippen LogP) is 1.89. The lowest BCUT2D eigenvalue weighted by atomic mass is 9.92. The number of carbonyl (C=O) groups excluding carboxylic acids is 1. The van der Waals surface area contributed by atoms with Crippen LogP contribution in [0.2, 0.25) is 0 Å². The van der Waals surface area contributed by atoms with Gasteiger partial charge in [-0.3, -0.25) is 4.79 Å². The van der Waals surface area contributed by atoms with Crippen molar-refractivity contribution < 1.29 is 14.6 Å². The van der Waals surface area contributed by atoms with Crippen molar-refractivity contribution in [3.8, 4) is 0 Å². The van der Waals surface area contributed by atoms with E-state index in [9.17, 15) is 9.90 Å². The molecule has 0 spiro atoms. The molecule has 2 aromatic heterocycles. The number of pyridine rings is 1. The Morgan fingerprint density at radius 1 is 1.27 bits per heavy atom. The smallest absolute Gasteiger partial charge is 0.272 e. The molecule has 1 saturated carbocycles. The van der Waals surface area contributed by atoms with Crippen LogP contribution in [0.3, 0.4) is 0 Å². The molecule has 7 heteroatoms. The van der Waals surface area contributed by atoms with E-state index in [1.807, 2.05) is 16.8 Å². The fraction of sp³-hybridized carbons (Fsp3) is 0.632. The summed E-state index contributed by atoms with van der Waals surface area (Å²) in [5.74, 6) is 0.268. The third kappa shape index (κ3) is 3.59. The largest absolute Gasteiger partial charge is 0.391 e. The molecule has 1 unspecified atom stereocenters. The van der Waals surface area contributed by atoms with Crippen LogP contribution in [-0.4, -0.2) is 51.1 Å². The highest BCUT2D eigenvalue weighted by atomic mass is 16.5. The second-order valence-corrected chi connectivity index (χ2v) is 7.39. The van der Waals surface area contributed by atoms with Crippen molar-refractivity contribution >= 4 is 16.9 Å². The number of nitrogens with one attached hydrogen (secondary N) is 1. The van der Waals surface area contributed by atoms with Gasteiger partial charge in [0.05, 0.1) is 17.5 Å². The molecule has 7 nitrogen and oxygen atoms in total. The fourth-order valence-electron chi connectivity index (χ4n) is 3.99. The van der Waals surface area contributed by atoms with Crippen LogP contribution in [0.15, 0.2) is 18.3 Å². The Balaban J connectivity index is 1.57. The summed E-state index contributed by atoms with van der Waals surface area (Å²) < 4.78 is 7.29. The normalized spacial score (nSPS) is 24.7. The summed E-state index contributed by atoms with van der Waals surface area (Å²) in [6, 6.07) is 3.53. The van der Waals surface area contributed by atoms with Gasteiger partial charge in [0.1, 0.15) is 0 Å². The maximum Gasteiger partial charge on any atom is 0.272 e. The summed E-state index contributed by atoms with van der Waals surface area (Å²) in [6.07, 6.45) is 6.87. The van der Waals surface area contributed by atoms with Gasteiger partial charge < -0.3 is 15.2 Å². The van der Waals surface area contributed by atoms with Crippen LogP contribution >= 0.6 is 0 Å². The zero-order valence-electron chi connectivity index (χ0n) is 14.9. The minimum absolute atomic E-state index is 0.191. The lowest BCUT2D eigenvalue weighted by molar-refractivity contribution is 0.0603. The van der Waals surface area contributed by atoms with Crippen molar-refractivity contribution in [2.24, 2.45) is 5.92 Å². The van der Waals surface area contributed by atoms with Gasteiger partial charge in [-0.1, -0.05) is 12.8 Å². The van der Waals surface area contributed by atoms with E-state index in [1.165, 1.54) is 0 Å². The molecule has 4 rings (SSSR count). The van der Waals surface area contributed by atoms with E-state index in [1.54, 1.807) is 6.20 Å². The van der Waals surface area contributed by atoms with Crippen molar-refractivity contribution in [2.45, 2.75) is 57.2 Å². The standard InChI is InChI=1S/C19H26N4O3/c24-16-6-2-1-5-15(16)21-19(25)17-14-4-3-9-20-18(14)23(22-17)12-13-7-10-26-11-8-13/h3-4,9,13,15-16,24H,1-2,5-8,10-12H2,(H,21,25)/t15?,16-/m0/s1. The number of ether oxygens (including phenoxy) is 1. The third-order valence-electron chi connectivity index (χ3n) is 5.54. The number of aliphatic hydroxyl groups is 1. The van der Waals surface area contributed by atoms with Crippen LogP contribution in [0.1, 0.15) is 49.0 Å². The first-order valence-electron chi connectivity index (χ1n) is 9.60. The zero-order valence-corrected chi connectivity index (χ0v) is 14.9. The van der Waals surface area contributed by atoms with Crippen molar-refractivity contribution in [2.75, 3.05) is 13.2 Å². The predicted molar refractivity (Wildman–Crippen MR) is 96.8 cm³/mol. The first-order chi connectivity index (χ1) is 12.7. The van der Waals surface area contributed by atoms with Crippen molar-refractivity contribution in [1.29, 1.82) is 0 Å². The monoisotopic (exact) mass is 358 g/mol. The number of hydrogen-bond donors (Lipinski definition) is 2. The van der Waals surface area contributed by atoms with Crippen LogP contribution < -0.4 is 5.32 Å². The Hall–Kier alpha value is -1.99. The first-order valence-corrected chi connectivity index (χ1v) is 9.60. The van der Waals surface area contributed by atoms with Gasteiger partial charge in [0.2, 0.25) is 0 Å². The average molecular weight is 358 g/mol. The molecule has 1 amide bonds. The van der Waals surface area contributed by atoms with Crippen LogP contribution in [0, 0.1) is 5.92 Å². The van der Waals surface area contributed by atoms with Gasteiger partial charge in [0.15, 0.2) is 11.3 Å². The Morgan fingerprint density at radius 3 is 2.88 bits per heavy atom. The lowest BCUT2D eigenvalue weighted by Gasteiger charge is -2.28. The van der Waals surface area contributed by atoms with Gasteiger partial charge in [0, 0.05) is 26.0 Å². The summed E-state index contributed by atoms with van der Waals surface area (Å²) in [5, 5.41) is 18.5.